The number of anilines is 3. The highest BCUT2D eigenvalue weighted by Crippen LogP contribution is 2.32. The third kappa shape index (κ3) is 2.58. The molecule has 94 valence electrons. The van der Waals surface area contributed by atoms with Gasteiger partial charge in [0.15, 0.2) is 0 Å². The van der Waals surface area contributed by atoms with Crippen LogP contribution >= 0.6 is 11.6 Å². The van der Waals surface area contributed by atoms with Gasteiger partial charge in [0.2, 0.25) is 0 Å². The van der Waals surface area contributed by atoms with E-state index in [4.69, 9.17) is 23.1 Å². The fraction of sp³-hybridized carbons (Fsp3) is 0.500. The van der Waals surface area contributed by atoms with Gasteiger partial charge in [-0.25, -0.2) is 0 Å². The molecule has 0 aromatic heterocycles. The molecule has 4 nitrogen and oxygen atoms in total. The summed E-state index contributed by atoms with van der Waals surface area (Å²) in [6, 6.07) is 3.61. The van der Waals surface area contributed by atoms with Crippen LogP contribution in [0.3, 0.4) is 0 Å². The molecule has 17 heavy (non-hydrogen) atoms. The normalized spacial score (nSPS) is 17.4. The van der Waals surface area contributed by atoms with E-state index in [0.29, 0.717) is 16.4 Å². The molecule has 0 atom stereocenters. The average Bonchev–Trinajstić information content (AvgIpc) is 2.34. The molecule has 1 aliphatic heterocycles. The maximum atomic E-state index is 5.99. The topological polar surface area (TPSA) is 58.5 Å². The molecule has 0 radical (unpaired) electrons. The van der Waals surface area contributed by atoms with E-state index in [1.165, 1.54) is 0 Å². The molecule has 0 saturated carbocycles. The van der Waals surface area contributed by atoms with Gasteiger partial charge in [-0.3, -0.25) is 0 Å². The summed E-state index contributed by atoms with van der Waals surface area (Å²) in [6.07, 6.45) is 0. The number of nitrogens with zero attached hydrogens (tertiary/aromatic N) is 2. The summed E-state index contributed by atoms with van der Waals surface area (Å²) in [6.45, 7) is 7.39. The Labute approximate surface area is 107 Å². The predicted molar refractivity (Wildman–Crippen MR) is 74.6 cm³/mol. The Morgan fingerprint density at radius 2 is 1.76 bits per heavy atom. The Morgan fingerprint density at radius 3 is 2.35 bits per heavy atom. The van der Waals surface area contributed by atoms with Crippen LogP contribution in [0.2, 0.25) is 5.02 Å². The zero-order valence-electron chi connectivity index (χ0n) is 10.1. The quantitative estimate of drug-likeness (QED) is 0.788. The number of hydrogen-bond donors (Lipinski definition) is 2. The maximum Gasteiger partial charge on any atom is 0.0657 e. The van der Waals surface area contributed by atoms with Crippen molar-refractivity contribution in [1.82, 2.24) is 4.90 Å². The maximum absolute atomic E-state index is 5.99. The van der Waals surface area contributed by atoms with Gasteiger partial charge in [-0.1, -0.05) is 18.5 Å². The van der Waals surface area contributed by atoms with E-state index in [2.05, 4.69) is 16.7 Å². The molecule has 0 amide bonds. The molecule has 5 heteroatoms. The van der Waals surface area contributed by atoms with Crippen LogP contribution in [0.4, 0.5) is 17.1 Å². The lowest BCUT2D eigenvalue weighted by molar-refractivity contribution is 0.271. The van der Waals surface area contributed by atoms with Gasteiger partial charge in [-0.05, 0) is 18.7 Å². The number of nitrogens with two attached hydrogens (primary N) is 2. The predicted octanol–water partition coefficient (Wildman–Crippen LogP) is 1.65. The largest absolute Gasteiger partial charge is 0.397 e. The van der Waals surface area contributed by atoms with Crippen LogP contribution in [0.1, 0.15) is 6.92 Å². The number of likely N-dealkylation sites (N-methyl/N-ethyl adjacent to an activating group) is 1. The van der Waals surface area contributed by atoms with E-state index in [-0.39, 0.29) is 0 Å². The zero-order chi connectivity index (χ0) is 12.4. The molecular weight excluding hydrogens is 236 g/mol. The zero-order valence-corrected chi connectivity index (χ0v) is 10.9. The molecule has 0 bridgehead atoms. The van der Waals surface area contributed by atoms with E-state index >= 15 is 0 Å². The van der Waals surface area contributed by atoms with E-state index in [1.807, 2.05) is 6.07 Å². The highest BCUT2D eigenvalue weighted by molar-refractivity contribution is 6.33. The Balaban J connectivity index is 2.16. The minimum atomic E-state index is 0.526. The smallest absolute Gasteiger partial charge is 0.0657 e. The average molecular weight is 255 g/mol. The second kappa shape index (κ2) is 5.02. The van der Waals surface area contributed by atoms with Crippen LogP contribution in [-0.4, -0.2) is 37.6 Å². The van der Waals surface area contributed by atoms with Crippen molar-refractivity contribution in [2.24, 2.45) is 0 Å². The van der Waals surface area contributed by atoms with Gasteiger partial charge in [0.05, 0.1) is 22.1 Å². The lowest BCUT2D eigenvalue weighted by atomic mass is 10.2. The molecule has 1 aliphatic rings. The number of benzene rings is 1. The van der Waals surface area contributed by atoms with Gasteiger partial charge in [0, 0.05) is 26.2 Å². The summed E-state index contributed by atoms with van der Waals surface area (Å²) >= 11 is 5.94. The third-order valence-corrected chi connectivity index (χ3v) is 3.63. The van der Waals surface area contributed by atoms with Crippen LogP contribution in [0, 0.1) is 0 Å². The van der Waals surface area contributed by atoms with Crippen molar-refractivity contribution in [1.29, 1.82) is 0 Å². The molecule has 4 N–H and O–H groups in total. The standard InChI is InChI=1S/C12H19ClN4/c1-2-16-3-5-17(6-4-16)12-8-10(14)9(13)7-11(12)15/h7-8H,2-6,14-15H2,1H3. The number of nitrogen functional groups attached to an aromatic ring is 2. The second-order valence-corrected chi connectivity index (χ2v) is 4.76. The van der Waals surface area contributed by atoms with Gasteiger partial charge < -0.3 is 21.3 Å². The molecule has 1 fully saturated rings. The molecule has 1 saturated heterocycles. The van der Waals surface area contributed by atoms with Gasteiger partial charge in [0.1, 0.15) is 0 Å². The first-order valence-electron chi connectivity index (χ1n) is 5.93. The highest BCUT2D eigenvalue weighted by atomic mass is 35.5. The van der Waals surface area contributed by atoms with E-state index < -0.39 is 0 Å². The first kappa shape index (κ1) is 12.3. The number of hydrogen-bond acceptors (Lipinski definition) is 4. The van der Waals surface area contributed by atoms with Crippen LogP contribution in [-0.2, 0) is 0 Å². The van der Waals surface area contributed by atoms with Gasteiger partial charge >= 0.3 is 0 Å². The second-order valence-electron chi connectivity index (χ2n) is 4.35. The van der Waals surface area contributed by atoms with Crippen molar-refractivity contribution in [3.63, 3.8) is 0 Å². The summed E-state index contributed by atoms with van der Waals surface area (Å²) in [7, 11) is 0. The molecule has 0 spiro atoms. The molecular formula is C12H19ClN4. The molecule has 1 aromatic carbocycles. The molecule has 0 aliphatic carbocycles. The summed E-state index contributed by atoms with van der Waals surface area (Å²) < 4.78 is 0. The van der Waals surface area contributed by atoms with E-state index in [1.54, 1.807) is 6.07 Å². The molecule has 2 rings (SSSR count). The lowest BCUT2D eigenvalue weighted by Gasteiger charge is -2.36. The fourth-order valence-electron chi connectivity index (χ4n) is 2.17. The Morgan fingerprint density at radius 1 is 1.12 bits per heavy atom. The molecule has 0 unspecified atom stereocenters. The lowest BCUT2D eigenvalue weighted by Crippen LogP contribution is -2.46. The Kier molecular flexibility index (Phi) is 3.64. The fourth-order valence-corrected chi connectivity index (χ4v) is 2.34. The third-order valence-electron chi connectivity index (χ3n) is 3.31. The van der Waals surface area contributed by atoms with Gasteiger partial charge in [-0.15, -0.1) is 0 Å². The first-order valence-corrected chi connectivity index (χ1v) is 6.31. The van der Waals surface area contributed by atoms with Crippen LogP contribution in [0.5, 0.6) is 0 Å². The van der Waals surface area contributed by atoms with Crippen LogP contribution in [0.25, 0.3) is 0 Å². The number of halogens is 1. The Hall–Kier alpha value is -1.13. The monoisotopic (exact) mass is 254 g/mol. The van der Waals surface area contributed by atoms with E-state index in [0.717, 1.165) is 38.4 Å². The first-order chi connectivity index (χ1) is 8.11. The van der Waals surface area contributed by atoms with Crippen molar-refractivity contribution in [2.45, 2.75) is 6.92 Å². The van der Waals surface area contributed by atoms with Crippen molar-refractivity contribution in [3.05, 3.63) is 17.2 Å². The van der Waals surface area contributed by atoms with Crippen molar-refractivity contribution >= 4 is 28.7 Å². The van der Waals surface area contributed by atoms with Crippen molar-refractivity contribution in [3.8, 4) is 0 Å². The van der Waals surface area contributed by atoms with Gasteiger partial charge in [0.25, 0.3) is 0 Å². The summed E-state index contributed by atoms with van der Waals surface area (Å²) in [5.41, 5.74) is 14.1. The minimum absolute atomic E-state index is 0.526. The summed E-state index contributed by atoms with van der Waals surface area (Å²) in [5.74, 6) is 0. The SMILES string of the molecule is CCN1CCN(c2cc(N)c(Cl)cc2N)CC1. The van der Waals surface area contributed by atoms with Crippen LogP contribution in [0.15, 0.2) is 12.1 Å². The molecule has 1 aromatic rings. The van der Waals surface area contributed by atoms with Gasteiger partial charge in [-0.2, -0.15) is 0 Å². The molecule has 1 heterocycles. The number of rotatable bonds is 2. The Bertz CT molecular complexity index is 400. The minimum Gasteiger partial charge on any atom is -0.397 e. The highest BCUT2D eigenvalue weighted by Gasteiger charge is 2.18. The van der Waals surface area contributed by atoms with Crippen molar-refractivity contribution in [2.75, 3.05) is 49.1 Å². The summed E-state index contributed by atoms with van der Waals surface area (Å²) in [5, 5.41) is 0.526. The summed E-state index contributed by atoms with van der Waals surface area (Å²) in [4.78, 5) is 4.69. The van der Waals surface area contributed by atoms with Crippen LogP contribution < -0.4 is 16.4 Å². The number of piperazine rings is 1. The van der Waals surface area contributed by atoms with E-state index in [9.17, 15) is 0 Å². The van der Waals surface area contributed by atoms with Crippen molar-refractivity contribution < 1.29 is 0 Å².